The van der Waals surface area contributed by atoms with Crippen molar-refractivity contribution in [2.45, 2.75) is 6.92 Å². The summed E-state index contributed by atoms with van der Waals surface area (Å²) in [5, 5.41) is 0. The van der Waals surface area contributed by atoms with E-state index in [1.165, 1.54) is 0 Å². The summed E-state index contributed by atoms with van der Waals surface area (Å²) in [4.78, 5) is 12.9. The lowest BCUT2D eigenvalue weighted by atomic mass is 10.5. The summed E-state index contributed by atoms with van der Waals surface area (Å²) in [7, 11) is 0. The molecule has 64 valence electrons. The zero-order valence-corrected chi connectivity index (χ0v) is 8.23. The summed E-state index contributed by atoms with van der Waals surface area (Å²) >= 11 is 0. The molecule has 1 saturated heterocycles. The molecule has 3 heteroatoms. The maximum Gasteiger partial charge on any atom is 0.219 e. The van der Waals surface area contributed by atoms with Crippen LogP contribution in [0.3, 0.4) is 0 Å². The van der Waals surface area contributed by atoms with E-state index in [1.54, 1.807) is 6.92 Å². The van der Waals surface area contributed by atoms with Crippen LogP contribution in [0.1, 0.15) is 6.92 Å². The highest BCUT2D eigenvalue weighted by atomic mass is 31.2. The van der Waals surface area contributed by atoms with Crippen LogP contribution in [-0.4, -0.2) is 49.2 Å². The van der Waals surface area contributed by atoms with Crippen molar-refractivity contribution >= 4 is 19.1 Å². The Labute approximate surface area is 68.6 Å². The lowest BCUT2D eigenvalue weighted by Crippen LogP contribution is -2.37. The Morgan fingerprint density at radius 3 is 2.27 bits per heavy atom. The Balaban J connectivity index is 2.49. The molecule has 1 fully saturated rings. The smallest absolute Gasteiger partial charge is 0.219 e. The fraction of sp³-hybridized carbons (Fsp3) is 0.750. The zero-order chi connectivity index (χ0) is 8.48. The first-order valence-corrected chi connectivity index (χ1v) is 6.75. The van der Waals surface area contributed by atoms with Gasteiger partial charge in [0.1, 0.15) is 0 Å². The molecule has 1 aliphatic rings. The van der Waals surface area contributed by atoms with Crippen LogP contribution in [0.15, 0.2) is 0 Å². The van der Waals surface area contributed by atoms with E-state index >= 15 is 0 Å². The van der Waals surface area contributed by atoms with Gasteiger partial charge in [0.05, 0.1) is 0 Å². The van der Waals surface area contributed by atoms with Crippen LogP contribution in [0, 0.1) is 0 Å². The molecular weight excluding hydrogens is 157 g/mol. The van der Waals surface area contributed by atoms with Crippen molar-refractivity contribution < 1.29 is 4.79 Å². The minimum atomic E-state index is -0.858. The Hall–Kier alpha value is -0.230. The van der Waals surface area contributed by atoms with E-state index in [0.29, 0.717) is 0 Å². The molecule has 0 N–H and O–H groups in total. The molecule has 0 spiro atoms. The quantitative estimate of drug-likeness (QED) is 0.499. The standard InChI is InChI=1S/C8H16NOP/c1-8(10)9-4-6-11(2,3)7-5-9/h2,4-7H2,1,3H3. The largest absolute Gasteiger partial charge is 0.342 e. The minimum Gasteiger partial charge on any atom is -0.342 e. The Morgan fingerprint density at radius 1 is 1.45 bits per heavy atom. The monoisotopic (exact) mass is 173 g/mol. The van der Waals surface area contributed by atoms with Gasteiger partial charge in [0.15, 0.2) is 0 Å². The van der Waals surface area contributed by atoms with Crippen LogP contribution in [0.5, 0.6) is 0 Å². The Morgan fingerprint density at radius 2 is 1.91 bits per heavy atom. The van der Waals surface area contributed by atoms with E-state index in [4.69, 9.17) is 0 Å². The van der Waals surface area contributed by atoms with E-state index in [1.807, 2.05) is 4.90 Å². The van der Waals surface area contributed by atoms with Gasteiger partial charge in [-0.2, -0.15) is 0 Å². The van der Waals surface area contributed by atoms with Crippen molar-refractivity contribution in [3.8, 4) is 0 Å². The van der Waals surface area contributed by atoms with Gasteiger partial charge in [0.25, 0.3) is 0 Å². The lowest BCUT2D eigenvalue weighted by molar-refractivity contribution is -0.128. The molecule has 11 heavy (non-hydrogen) atoms. The fourth-order valence-electron chi connectivity index (χ4n) is 1.26. The van der Waals surface area contributed by atoms with Gasteiger partial charge in [0.2, 0.25) is 5.91 Å². The van der Waals surface area contributed by atoms with Crippen molar-refractivity contribution in [2.24, 2.45) is 0 Å². The highest BCUT2D eigenvalue weighted by Gasteiger charge is 2.19. The van der Waals surface area contributed by atoms with Gasteiger partial charge in [-0.25, -0.2) is 0 Å². The highest BCUT2D eigenvalue weighted by molar-refractivity contribution is 7.73. The average molecular weight is 173 g/mol. The molecule has 0 atom stereocenters. The predicted octanol–water partition coefficient (Wildman–Crippen LogP) is 0.928. The number of carbonyl (C=O) groups excluding carboxylic acids is 1. The second kappa shape index (κ2) is 3.02. The summed E-state index contributed by atoms with van der Waals surface area (Å²) in [6.07, 6.45) is 6.49. The molecule has 0 radical (unpaired) electrons. The van der Waals surface area contributed by atoms with Crippen LogP contribution in [0.25, 0.3) is 0 Å². The molecule has 1 aliphatic heterocycles. The highest BCUT2D eigenvalue weighted by Crippen LogP contribution is 2.42. The Bertz CT molecular complexity index is 200. The third-order valence-electron chi connectivity index (χ3n) is 2.26. The number of amides is 1. The van der Waals surface area contributed by atoms with Crippen molar-refractivity contribution in [2.75, 3.05) is 32.1 Å². The van der Waals surface area contributed by atoms with Gasteiger partial charge in [0, 0.05) is 20.0 Å². The third kappa shape index (κ3) is 2.37. The summed E-state index contributed by atoms with van der Waals surface area (Å²) < 4.78 is 0. The van der Waals surface area contributed by atoms with Crippen molar-refractivity contribution in [1.82, 2.24) is 4.90 Å². The van der Waals surface area contributed by atoms with E-state index in [-0.39, 0.29) is 5.91 Å². The Kier molecular flexibility index (Phi) is 2.43. The average Bonchev–Trinajstić information content (AvgIpc) is 1.86. The summed E-state index contributed by atoms with van der Waals surface area (Å²) in [6, 6.07) is 0. The maximum absolute atomic E-state index is 10.9. The molecule has 0 aromatic heterocycles. The number of nitrogens with zero attached hydrogens (tertiary/aromatic N) is 1. The number of hydrogen-bond acceptors (Lipinski definition) is 1. The zero-order valence-electron chi connectivity index (χ0n) is 7.34. The molecule has 0 bridgehead atoms. The number of hydrogen-bond donors (Lipinski definition) is 0. The van der Waals surface area contributed by atoms with Crippen molar-refractivity contribution in [3.63, 3.8) is 0 Å². The molecule has 1 amide bonds. The number of rotatable bonds is 0. The molecule has 1 heterocycles. The summed E-state index contributed by atoms with van der Waals surface area (Å²) in [5.41, 5.74) is 0. The van der Waals surface area contributed by atoms with Gasteiger partial charge in [-0.3, -0.25) is 4.79 Å². The van der Waals surface area contributed by atoms with Crippen LogP contribution in [0.2, 0.25) is 0 Å². The normalized spacial score (nSPS) is 23.3. The SMILES string of the molecule is C=P1(C)CCN(C(C)=O)CC1. The maximum atomic E-state index is 10.9. The van der Waals surface area contributed by atoms with Gasteiger partial charge in [-0.15, -0.1) is 13.2 Å². The molecule has 0 saturated carbocycles. The van der Waals surface area contributed by atoms with Crippen LogP contribution < -0.4 is 0 Å². The van der Waals surface area contributed by atoms with Crippen molar-refractivity contribution in [3.05, 3.63) is 0 Å². The van der Waals surface area contributed by atoms with E-state index in [2.05, 4.69) is 13.0 Å². The summed E-state index contributed by atoms with van der Waals surface area (Å²) in [5.74, 6) is 0.213. The second-order valence-corrected chi connectivity index (χ2v) is 7.71. The third-order valence-corrected chi connectivity index (χ3v) is 4.82. The first-order chi connectivity index (χ1) is 5.01. The van der Waals surface area contributed by atoms with Crippen LogP contribution >= 0.6 is 6.89 Å². The van der Waals surface area contributed by atoms with Gasteiger partial charge >= 0.3 is 0 Å². The lowest BCUT2D eigenvalue weighted by Gasteiger charge is -2.33. The predicted molar refractivity (Wildman–Crippen MR) is 52.0 cm³/mol. The van der Waals surface area contributed by atoms with Crippen molar-refractivity contribution in [1.29, 1.82) is 0 Å². The molecule has 0 aromatic carbocycles. The van der Waals surface area contributed by atoms with Crippen LogP contribution in [0.4, 0.5) is 0 Å². The van der Waals surface area contributed by atoms with E-state index < -0.39 is 6.89 Å². The first kappa shape index (κ1) is 8.86. The van der Waals surface area contributed by atoms with Gasteiger partial charge < -0.3 is 4.90 Å². The molecule has 0 aromatic rings. The van der Waals surface area contributed by atoms with E-state index in [0.717, 1.165) is 25.4 Å². The second-order valence-electron chi connectivity index (χ2n) is 3.57. The van der Waals surface area contributed by atoms with Gasteiger partial charge in [-0.1, -0.05) is 0 Å². The van der Waals surface area contributed by atoms with Gasteiger partial charge in [-0.05, 0) is 19.0 Å². The first-order valence-electron chi connectivity index (χ1n) is 3.96. The van der Waals surface area contributed by atoms with E-state index in [9.17, 15) is 4.79 Å². The number of carbonyl (C=O) groups is 1. The molecule has 2 nitrogen and oxygen atoms in total. The minimum absolute atomic E-state index is 0.213. The summed E-state index contributed by atoms with van der Waals surface area (Å²) in [6.45, 7) is 4.92. The molecular formula is C8H16NOP. The van der Waals surface area contributed by atoms with Crippen LogP contribution in [-0.2, 0) is 4.79 Å². The molecule has 1 rings (SSSR count). The molecule has 0 unspecified atom stereocenters. The topological polar surface area (TPSA) is 20.3 Å². The molecule has 0 aliphatic carbocycles. The fourth-order valence-corrected chi connectivity index (χ4v) is 2.93.